The number of aryl methyl sites for hydroxylation is 1. The van der Waals surface area contributed by atoms with Gasteiger partial charge in [0.05, 0.1) is 25.3 Å². The van der Waals surface area contributed by atoms with Crippen molar-refractivity contribution in [2.24, 2.45) is 11.1 Å². The third-order valence-electron chi connectivity index (χ3n) is 4.23. The van der Waals surface area contributed by atoms with Gasteiger partial charge in [-0.25, -0.2) is 0 Å². The molecule has 1 aromatic carbocycles. The monoisotopic (exact) mass is 260 g/mol. The maximum Gasteiger partial charge on any atom is 0.138 e. The fraction of sp³-hybridized carbons (Fsp3) is 0.533. The van der Waals surface area contributed by atoms with Crippen LogP contribution in [0.3, 0.4) is 0 Å². The first-order valence-electron chi connectivity index (χ1n) is 6.73. The van der Waals surface area contributed by atoms with Gasteiger partial charge in [-0.15, -0.1) is 0 Å². The van der Waals surface area contributed by atoms with Crippen molar-refractivity contribution in [3.05, 3.63) is 35.4 Å². The lowest BCUT2D eigenvalue weighted by Gasteiger charge is -2.58. The van der Waals surface area contributed by atoms with Crippen molar-refractivity contribution in [1.82, 2.24) is 4.90 Å². The van der Waals surface area contributed by atoms with Crippen LogP contribution in [-0.2, 0) is 9.53 Å². The Morgan fingerprint density at radius 1 is 1.32 bits per heavy atom. The SMILES string of the molecule is Cc1ccc(C(C(N)C=O)N2CC3(COC3)C2)cc1. The summed E-state index contributed by atoms with van der Waals surface area (Å²) in [6.07, 6.45) is 0.854. The van der Waals surface area contributed by atoms with Gasteiger partial charge in [0.25, 0.3) is 0 Å². The molecule has 2 heterocycles. The average molecular weight is 260 g/mol. The first kappa shape index (κ1) is 12.8. The predicted octanol–water partition coefficient (Wildman–Crippen LogP) is 0.895. The lowest BCUT2D eigenvalue weighted by Crippen LogP contribution is -2.67. The molecule has 0 radical (unpaired) electrons. The summed E-state index contributed by atoms with van der Waals surface area (Å²) in [4.78, 5) is 13.4. The van der Waals surface area contributed by atoms with Crippen LogP contribution in [-0.4, -0.2) is 43.5 Å². The molecule has 102 valence electrons. The van der Waals surface area contributed by atoms with E-state index in [1.807, 2.05) is 0 Å². The molecule has 1 spiro atoms. The van der Waals surface area contributed by atoms with E-state index in [1.165, 1.54) is 5.56 Å². The van der Waals surface area contributed by atoms with Crippen LogP contribution in [0, 0.1) is 12.3 Å². The first-order chi connectivity index (χ1) is 9.13. The fourth-order valence-corrected chi connectivity index (χ4v) is 3.10. The number of carbonyl (C=O) groups excluding carboxylic acids is 1. The number of benzene rings is 1. The zero-order valence-electron chi connectivity index (χ0n) is 11.2. The van der Waals surface area contributed by atoms with Gasteiger partial charge in [0.15, 0.2) is 0 Å². The second-order valence-electron chi connectivity index (χ2n) is 5.97. The van der Waals surface area contributed by atoms with E-state index in [9.17, 15) is 4.79 Å². The van der Waals surface area contributed by atoms with E-state index in [2.05, 4.69) is 36.1 Å². The van der Waals surface area contributed by atoms with Crippen LogP contribution in [0.4, 0.5) is 0 Å². The van der Waals surface area contributed by atoms with Crippen LogP contribution < -0.4 is 5.73 Å². The van der Waals surface area contributed by atoms with Gasteiger partial charge in [-0.3, -0.25) is 4.90 Å². The highest BCUT2D eigenvalue weighted by Gasteiger charge is 2.51. The molecule has 2 fully saturated rings. The molecule has 4 nitrogen and oxygen atoms in total. The molecule has 19 heavy (non-hydrogen) atoms. The molecule has 2 atom stereocenters. The van der Waals surface area contributed by atoms with Crippen LogP contribution in [0.15, 0.2) is 24.3 Å². The number of hydrogen-bond acceptors (Lipinski definition) is 4. The van der Waals surface area contributed by atoms with E-state index >= 15 is 0 Å². The number of rotatable bonds is 4. The van der Waals surface area contributed by atoms with Crippen molar-refractivity contribution < 1.29 is 9.53 Å². The van der Waals surface area contributed by atoms with Gasteiger partial charge in [-0.2, -0.15) is 0 Å². The van der Waals surface area contributed by atoms with Crippen LogP contribution in [0.1, 0.15) is 17.2 Å². The molecule has 0 amide bonds. The van der Waals surface area contributed by atoms with Crippen molar-refractivity contribution in [3.8, 4) is 0 Å². The molecule has 0 bridgehead atoms. The molecule has 2 aliphatic rings. The molecular weight excluding hydrogens is 240 g/mol. The first-order valence-corrected chi connectivity index (χ1v) is 6.73. The largest absolute Gasteiger partial charge is 0.380 e. The number of nitrogens with two attached hydrogens (primary N) is 1. The maximum absolute atomic E-state index is 11.1. The summed E-state index contributed by atoms with van der Waals surface area (Å²) >= 11 is 0. The summed E-state index contributed by atoms with van der Waals surface area (Å²) in [5.41, 5.74) is 8.69. The number of hydrogen-bond donors (Lipinski definition) is 1. The van der Waals surface area contributed by atoms with Gasteiger partial charge in [-0.05, 0) is 12.5 Å². The highest BCUT2D eigenvalue weighted by atomic mass is 16.5. The highest BCUT2D eigenvalue weighted by Crippen LogP contribution is 2.42. The zero-order valence-corrected chi connectivity index (χ0v) is 11.2. The summed E-state index contributed by atoms with van der Waals surface area (Å²) in [5, 5.41) is 0. The molecule has 2 aliphatic heterocycles. The Morgan fingerprint density at radius 2 is 1.95 bits per heavy atom. The van der Waals surface area contributed by atoms with E-state index in [0.29, 0.717) is 5.41 Å². The minimum Gasteiger partial charge on any atom is -0.380 e. The molecule has 2 N–H and O–H groups in total. The van der Waals surface area contributed by atoms with Crippen molar-refractivity contribution >= 4 is 6.29 Å². The van der Waals surface area contributed by atoms with Gasteiger partial charge in [0, 0.05) is 18.5 Å². The summed E-state index contributed by atoms with van der Waals surface area (Å²) in [5.74, 6) is 0. The van der Waals surface area contributed by atoms with Crippen molar-refractivity contribution in [2.45, 2.75) is 19.0 Å². The van der Waals surface area contributed by atoms with E-state index in [1.54, 1.807) is 0 Å². The maximum atomic E-state index is 11.1. The van der Waals surface area contributed by atoms with Gasteiger partial charge in [0.2, 0.25) is 0 Å². The standard InChI is InChI=1S/C15H20N2O2/c1-11-2-4-12(5-3-11)14(13(16)6-18)17-7-15(8-17)9-19-10-15/h2-6,13-14H,7-10,16H2,1H3. The topological polar surface area (TPSA) is 55.6 Å². The number of carbonyl (C=O) groups is 1. The van der Waals surface area contributed by atoms with Crippen molar-refractivity contribution in [3.63, 3.8) is 0 Å². The Hall–Kier alpha value is -1.23. The molecule has 3 rings (SSSR count). The molecule has 2 saturated heterocycles. The smallest absolute Gasteiger partial charge is 0.138 e. The van der Waals surface area contributed by atoms with E-state index < -0.39 is 6.04 Å². The second kappa shape index (κ2) is 4.71. The lowest BCUT2D eigenvalue weighted by molar-refractivity contribution is -0.200. The van der Waals surface area contributed by atoms with Crippen LogP contribution in [0.25, 0.3) is 0 Å². The number of likely N-dealkylation sites (tertiary alicyclic amines) is 1. The Morgan fingerprint density at radius 3 is 2.42 bits per heavy atom. The van der Waals surface area contributed by atoms with Gasteiger partial charge >= 0.3 is 0 Å². The van der Waals surface area contributed by atoms with Crippen molar-refractivity contribution in [1.29, 1.82) is 0 Å². The minimum atomic E-state index is -0.471. The third kappa shape index (κ3) is 2.20. The summed E-state index contributed by atoms with van der Waals surface area (Å²) < 4.78 is 5.29. The Labute approximate surface area is 113 Å². The van der Waals surface area contributed by atoms with Crippen LogP contribution in [0.5, 0.6) is 0 Å². The average Bonchev–Trinajstić information content (AvgIpc) is 2.31. The summed E-state index contributed by atoms with van der Waals surface area (Å²) in [7, 11) is 0. The molecule has 1 aromatic rings. The zero-order chi connectivity index (χ0) is 13.5. The summed E-state index contributed by atoms with van der Waals surface area (Å²) in [6, 6.07) is 7.81. The lowest BCUT2D eigenvalue weighted by atomic mass is 9.76. The Balaban J connectivity index is 1.78. The third-order valence-corrected chi connectivity index (χ3v) is 4.23. The number of nitrogens with zero attached hydrogens (tertiary/aromatic N) is 1. The molecule has 4 heteroatoms. The van der Waals surface area contributed by atoms with E-state index in [-0.39, 0.29) is 6.04 Å². The Bertz CT molecular complexity index is 460. The predicted molar refractivity (Wildman–Crippen MR) is 72.8 cm³/mol. The molecular formula is C15H20N2O2. The van der Waals surface area contributed by atoms with Gasteiger partial charge in [0.1, 0.15) is 6.29 Å². The molecule has 2 unspecified atom stereocenters. The Kier molecular flexibility index (Phi) is 3.17. The molecule has 0 saturated carbocycles. The number of aldehydes is 1. The molecule has 0 aliphatic carbocycles. The normalized spacial score (nSPS) is 24.3. The fourth-order valence-electron chi connectivity index (χ4n) is 3.10. The van der Waals surface area contributed by atoms with Gasteiger partial charge in [-0.1, -0.05) is 29.8 Å². The quantitative estimate of drug-likeness (QED) is 0.817. The van der Waals surface area contributed by atoms with Crippen molar-refractivity contribution in [2.75, 3.05) is 26.3 Å². The van der Waals surface area contributed by atoms with Crippen LogP contribution in [0.2, 0.25) is 0 Å². The minimum absolute atomic E-state index is 0.00988. The number of ether oxygens (including phenoxy) is 1. The van der Waals surface area contributed by atoms with E-state index in [4.69, 9.17) is 10.5 Å². The summed E-state index contributed by atoms with van der Waals surface area (Å²) in [6.45, 7) is 5.71. The van der Waals surface area contributed by atoms with E-state index in [0.717, 1.165) is 38.2 Å². The van der Waals surface area contributed by atoms with Crippen LogP contribution >= 0.6 is 0 Å². The highest BCUT2D eigenvalue weighted by molar-refractivity contribution is 5.59. The molecule has 0 aromatic heterocycles. The van der Waals surface area contributed by atoms with Gasteiger partial charge < -0.3 is 15.3 Å². The second-order valence-corrected chi connectivity index (χ2v) is 5.97.